The zero-order chi connectivity index (χ0) is 20.3. The van der Waals surface area contributed by atoms with Gasteiger partial charge in [-0.25, -0.2) is 13.2 Å². The largest absolute Gasteiger partial charge is 0.337 e. The van der Waals surface area contributed by atoms with Gasteiger partial charge in [0.05, 0.1) is 5.75 Å². The zero-order valence-corrected chi connectivity index (χ0v) is 16.0. The Balaban J connectivity index is 1.72. The monoisotopic (exact) mass is 408 g/mol. The van der Waals surface area contributed by atoms with Gasteiger partial charge in [0.15, 0.2) is 0 Å². The number of halogens is 3. The van der Waals surface area contributed by atoms with Gasteiger partial charge in [0.25, 0.3) is 5.91 Å². The van der Waals surface area contributed by atoms with E-state index in [1.165, 1.54) is 47.0 Å². The highest BCUT2D eigenvalue weighted by molar-refractivity contribution is 8.00. The minimum atomic E-state index is -0.702. The summed E-state index contributed by atoms with van der Waals surface area (Å²) in [7, 11) is 0. The van der Waals surface area contributed by atoms with Crippen LogP contribution in [0.15, 0.2) is 42.5 Å². The van der Waals surface area contributed by atoms with Gasteiger partial charge in [-0.3, -0.25) is 9.59 Å². The van der Waals surface area contributed by atoms with Gasteiger partial charge in [-0.15, -0.1) is 11.8 Å². The van der Waals surface area contributed by atoms with Crippen LogP contribution in [0, 0.1) is 17.5 Å². The van der Waals surface area contributed by atoms with Crippen LogP contribution in [0.1, 0.15) is 28.2 Å². The fourth-order valence-electron chi connectivity index (χ4n) is 3.06. The van der Waals surface area contributed by atoms with Gasteiger partial charge < -0.3 is 9.80 Å². The van der Waals surface area contributed by atoms with Gasteiger partial charge in [-0.05, 0) is 37.3 Å². The van der Waals surface area contributed by atoms with Gasteiger partial charge in [0.1, 0.15) is 22.8 Å². The predicted molar refractivity (Wildman–Crippen MR) is 101 cm³/mol. The maximum absolute atomic E-state index is 14.2. The van der Waals surface area contributed by atoms with E-state index in [2.05, 4.69) is 0 Å². The molecule has 0 aromatic heterocycles. The Bertz CT molecular complexity index is 876. The second-order valence-corrected chi connectivity index (χ2v) is 7.38. The van der Waals surface area contributed by atoms with Crippen molar-refractivity contribution in [2.75, 3.05) is 25.4 Å². The number of amides is 2. The van der Waals surface area contributed by atoms with E-state index in [9.17, 15) is 22.8 Å². The Labute approximate surface area is 165 Å². The Morgan fingerprint density at radius 1 is 1.14 bits per heavy atom. The summed E-state index contributed by atoms with van der Waals surface area (Å²) in [4.78, 5) is 27.9. The summed E-state index contributed by atoms with van der Waals surface area (Å²) in [6.07, 6.45) is 0. The number of hydrogen-bond donors (Lipinski definition) is 0. The molecular weight excluding hydrogens is 389 g/mol. The van der Waals surface area contributed by atoms with E-state index in [4.69, 9.17) is 0 Å². The van der Waals surface area contributed by atoms with Crippen molar-refractivity contribution in [3.63, 3.8) is 0 Å². The molecule has 1 aliphatic rings. The third-order valence-electron chi connectivity index (χ3n) is 4.57. The first-order valence-corrected chi connectivity index (χ1v) is 9.86. The molecule has 8 heteroatoms. The van der Waals surface area contributed by atoms with Crippen LogP contribution in [0.3, 0.4) is 0 Å². The quantitative estimate of drug-likeness (QED) is 0.729. The summed E-state index contributed by atoms with van der Waals surface area (Å²) in [5, 5.41) is -0.562. The Morgan fingerprint density at radius 3 is 2.46 bits per heavy atom. The topological polar surface area (TPSA) is 40.6 Å². The number of carbonyl (C=O) groups is 2. The van der Waals surface area contributed by atoms with E-state index in [1.54, 1.807) is 11.8 Å². The smallest absolute Gasteiger partial charge is 0.253 e. The first-order chi connectivity index (χ1) is 13.4. The second-order valence-electron chi connectivity index (χ2n) is 6.31. The molecule has 2 aromatic rings. The van der Waals surface area contributed by atoms with Gasteiger partial charge in [-0.1, -0.05) is 6.07 Å². The lowest BCUT2D eigenvalue weighted by atomic mass is 10.1. The molecule has 148 valence electrons. The summed E-state index contributed by atoms with van der Waals surface area (Å²) in [5.74, 6) is -2.05. The minimum Gasteiger partial charge on any atom is -0.337 e. The molecule has 1 saturated heterocycles. The number of likely N-dealkylation sites (N-methyl/N-ethyl adjacent to an activating group) is 1. The average Bonchev–Trinajstić information content (AvgIpc) is 3.03. The number of benzene rings is 2. The van der Waals surface area contributed by atoms with Crippen molar-refractivity contribution in [3.8, 4) is 0 Å². The molecule has 0 N–H and O–H groups in total. The van der Waals surface area contributed by atoms with Crippen LogP contribution in [-0.4, -0.2) is 47.0 Å². The fraction of sp³-hybridized carbons (Fsp3) is 0.300. The molecule has 0 spiro atoms. The number of rotatable bonds is 6. The van der Waals surface area contributed by atoms with Crippen LogP contribution in [0.4, 0.5) is 13.2 Å². The molecule has 1 aliphatic heterocycles. The van der Waals surface area contributed by atoms with Crippen LogP contribution in [0.2, 0.25) is 0 Å². The standard InChI is InChI=1S/C20H19F3N2O2S/c1-2-24(19(27)13-3-5-14(21)6-4-13)9-10-25-18(26)12-28-20(25)16-8-7-15(22)11-17(16)23/h3-8,11,20H,2,9-10,12H2,1H3/t20-/m1/s1. The van der Waals surface area contributed by atoms with Crippen molar-refractivity contribution in [1.82, 2.24) is 9.80 Å². The van der Waals surface area contributed by atoms with Crippen LogP contribution >= 0.6 is 11.8 Å². The highest BCUT2D eigenvalue weighted by atomic mass is 32.2. The Kier molecular flexibility index (Phi) is 6.28. The lowest BCUT2D eigenvalue weighted by Crippen LogP contribution is -2.40. The fourth-order valence-corrected chi connectivity index (χ4v) is 4.30. The van der Waals surface area contributed by atoms with Crippen molar-refractivity contribution in [2.45, 2.75) is 12.3 Å². The summed E-state index contributed by atoms with van der Waals surface area (Å²) < 4.78 is 40.4. The molecule has 0 unspecified atom stereocenters. The van der Waals surface area contributed by atoms with Gasteiger partial charge in [0, 0.05) is 36.8 Å². The molecule has 1 atom stereocenters. The third-order valence-corrected chi connectivity index (χ3v) is 5.81. The molecule has 28 heavy (non-hydrogen) atoms. The molecule has 0 aliphatic carbocycles. The number of hydrogen-bond acceptors (Lipinski definition) is 3. The number of thioether (sulfide) groups is 1. The summed E-state index contributed by atoms with van der Waals surface area (Å²) in [6.45, 7) is 2.67. The normalized spacial score (nSPS) is 16.5. The van der Waals surface area contributed by atoms with Crippen LogP contribution in [0.5, 0.6) is 0 Å². The molecule has 0 saturated carbocycles. The van der Waals surface area contributed by atoms with Crippen LogP contribution in [0.25, 0.3) is 0 Å². The molecule has 2 aromatic carbocycles. The number of nitrogens with zero attached hydrogens (tertiary/aromatic N) is 2. The van der Waals surface area contributed by atoms with E-state index in [0.717, 1.165) is 12.1 Å². The lowest BCUT2D eigenvalue weighted by molar-refractivity contribution is -0.128. The number of carbonyl (C=O) groups excluding carboxylic acids is 2. The maximum atomic E-state index is 14.2. The summed E-state index contributed by atoms with van der Waals surface area (Å²) in [6, 6.07) is 8.56. The van der Waals surface area contributed by atoms with Crippen molar-refractivity contribution in [2.24, 2.45) is 0 Å². The molecule has 0 radical (unpaired) electrons. The van der Waals surface area contributed by atoms with E-state index < -0.39 is 22.8 Å². The SMILES string of the molecule is CCN(CCN1C(=O)CS[C@@H]1c1ccc(F)cc1F)C(=O)c1ccc(F)cc1. The minimum absolute atomic E-state index is 0.163. The van der Waals surface area contributed by atoms with Crippen molar-refractivity contribution >= 4 is 23.6 Å². The molecule has 3 rings (SSSR count). The Hall–Kier alpha value is -2.48. The van der Waals surface area contributed by atoms with Crippen molar-refractivity contribution < 1.29 is 22.8 Å². The second kappa shape index (κ2) is 8.68. The summed E-state index contributed by atoms with van der Waals surface area (Å²) in [5.41, 5.74) is 0.594. The van der Waals surface area contributed by atoms with Gasteiger partial charge in [0.2, 0.25) is 5.91 Å². The average molecular weight is 408 g/mol. The molecule has 0 bridgehead atoms. The lowest BCUT2D eigenvalue weighted by Gasteiger charge is -2.28. The van der Waals surface area contributed by atoms with Crippen LogP contribution in [-0.2, 0) is 4.79 Å². The first-order valence-electron chi connectivity index (χ1n) is 8.81. The van der Waals surface area contributed by atoms with Gasteiger partial charge >= 0.3 is 0 Å². The summed E-state index contributed by atoms with van der Waals surface area (Å²) >= 11 is 1.27. The molecular formula is C20H19F3N2O2S. The maximum Gasteiger partial charge on any atom is 0.253 e. The van der Waals surface area contributed by atoms with E-state index in [0.29, 0.717) is 12.1 Å². The Morgan fingerprint density at radius 2 is 1.82 bits per heavy atom. The molecule has 4 nitrogen and oxygen atoms in total. The highest BCUT2D eigenvalue weighted by Crippen LogP contribution is 2.39. The van der Waals surface area contributed by atoms with E-state index >= 15 is 0 Å². The predicted octanol–water partition coefficient (Wildman–Crippen LogP) is 3.84. The molecule has 1 fully saturated rings. The van der Waals surface area contributed by atoms with Crippen LogP contribution < -0.4 is 0 Å². The molecule has 2 amide bonds. The van der Waals surface area contributed by atoms with E-state index in [1.807, 2.05) is 0 Å². The van der Waals surface area contributed by atoms with E-state index in [-0.39, 0.29) is 36.2 Å². The van der Waals surface area contributed by atoms with Gasteiger partial charge in [-0.2, -0.15) is 0 Å². The van der Waals surface area contributed by atoms with Crippen molar-refractivity contribution in [1.29, 1.82) is 0 Å². The first kappa shape index (κ1) is 20.3. The highest BCUT2D eigenvalue weighted by Gasteiger charge is 2.34. The van der Waals surface area contributed by atoms with Crippen molar-refractivity contribution in [3.05, 3.63) is 71.0 Å². The third kappa shape index (κ3) is 4.32. The zero-order valence-electron chi connectivity index (χ0n) is 15.2. The molecule has 1 heterocycles.